The molecule has 0 spiro atoms. The lowest BCUT2D eigenvalue weighted by atomic mass is 9.79. The molecule has 1 aliphatic rings. The normalized spacial score (nSPS) is 17.5. The highest BCUT2D eigenvalue weighted by Crippen LogP contribution is 2.34. The maximum Gasteiger partial charge on any atom is 0.324 e. The Morgan fingerprint density at radius 1 is 1.09 bits per heavy atom. The summed E-state index contributed by atoms with van der Waals surface area (Å²) >= 11 is 0. The van der Waals surface area contributed by atoms with Crippen LogP contribution in [0.4, 0.5) is 0 Å². The van der Waals surface area contributed by atoms with Gasteiger partial charge in [0, 0.05) is 13.1 Å². The van der Waals surface area contributed by atoms with E-state index in [-0.39, 0.29) is 13.2 Å². The summed E-state index contributed by atoms with van der Waals surface area (Å²) in [5.74, 6) is -0.924. The molecule has 1 aromatic rings. The minimum absolute atomic E-state index is 0.263. The van der Waals surface area contributed by atoms with Gasteiger partial charge in [0.25, 0.3) is 0 Å². The van der Waals surface area contributed by atoms with E-state index in [9.17, 15) is 9.59 Å². The van der Waals surface area contributed by atoms with Gasteiger partial charge in [0.2, 0.25) is 0 Å². The molecule has 1 fully saturated rings. The van der Waals surface area contributed by atoms with Crippen molar-refractivity contribution in [3.63, 3.8) is 0 Å². The summed E-state index contributed by atoms with van der Waals surface area (Å²) in [6.07, 6.45) is 1.25. The van der Waals surface area contributed by atoms with Gasteiger partial charge in [-0.1, -0.05) is 30.3 Å². The van der Waals surface area contributed by atoms with E-state index in [4.69, 9.17) is 9.47 Å². The van der Waals surface area contributed by atoms with E-state index in [1.165, 1.54) is 0 Å². The first-order valence-electron chi connectivity index (χ1n) is 8.23. The van der Waals surface area contributed by atoms with E-state index in [0.29, 0.717) is 19.5 Å². The van der Waals surface area contributed by atoms with Crippen molar-refractivity contribution in [1.82, 2.24) is 4.90 Å². The Morgan fingerprint density at radius 2 is 1.70 bits per heavy atom. The van der Waals surface area contributed by atoms with Gasteiger partial charge in [-0.3, -0.25) is 14.5 Å². The summed E-state index contributed by atoms with van der Waals surface area (Å²) in [5.41, 5.74) is -0.0324. The van der Waals surface area contributed by atoms with Crippen molar-refractivity contribution >= 4 is 11.9 Å². The monoisotopic (exact) mass is 319 g/mol. The van der Waals surface area contributed by atoms with Gasteiger partial charge in [-0.2, -0.15) is 0 Å². The highest BCUT2D eigenvalue weighted by atomic mass is 16.6. The molecule has 5 nitrogen and oxygen atoms in total. The van der Waals surface area contributed by atoms with Crippen molar-refractivity contribution in [2.75, 3.05) is 26.3 Å². The lowest BCUT2D eigenvalue weighted by Gasteiger charge is -2.39. The van der Waals surface area contributed by atoms with Crippen LogP contribution in [0.3, 0.4) is 0 Å². The lowest BCUT2D eigenvalue weighted by Crippen LogP contribution is -2.53. The van der Waals surface area contributed by atoms with Crippen LogP contribution in [0.15, 0.2) is 30.3 Å². The minimum atomic E-state index is -1.20. The van der Waals surface area contributed by atoms with E-state index in [1.807, 2.05) is 30.3 Å². The molecular weight excluding hydrogens is 294 g/mol. The standard InChI is InChI=1S/C18H25NO4/c1-3-22-16(20)18(17(21)23-4-2)11-8-12-19(14-18)13-15-9-6-5-7-10-15/h5-7,9-10H,3-4,8,11-14H2,1-2H3. The number of likely N-dealkylation sites (tertiary alicyclic amines) is 1. The molecule has 0 saturated carbocycles. The maximum atomic E-state index is 12.5. The molecule has 0 amide bonds. The summed E-state index contributed by atoms with van der Waals surface area (Å²) in [5, 5.41) is 0. The third-order valence-corrected chi connectivity index (χ3v) is 4.15. The summed E-state index contributed by atoms with van der Waals surface area (Å²) < 4.78 is 10.4. The average molecular weight is 319 g/mol. The third kappa shape index (κ3) is 4.10. The molecule has 1 saturated heterocycles. The molecule has 1 aliphatic heterocycles. The van der Waals surface area contributed by atoms with Gasteiger partial charge in [-0.15, -0.1) is 0 Å². The second-order valence-electron chi connectivity index (χ2n) is 5.82. The van der Waals surface area contributed by atoms with E-state index >= 15 is 0 Å². The predicted molar refractivity (Wildman–Crippen MR) is 86.7 cm³/mol. The van der Waals surface area contributed by atoms with Gasteiger partial charge in [0.05, 0.1) is 13.2 Å². The largest absolute Gasteiger partial charge is 0.465 e. The number of carbonyl (C=O) groups is 2. The number of rotatable bonds is 6. The first-order chi connectivity index (χ1) is 11.1. The number of nitrogens with zero attached hydrogens (tertiary/aromatic N) is 1. The third-order valence-electron chi connectivity index (χ3n) is 4.15. The van der Waals surface area contributed by atoms with E-state index in [2.05, 4.69) is 4.90 Å². The second-order valence-corrected chi connectivity index (χ2v) is 5.82. The van der Waals surface area contributed by atoms with Crippen LogP contribution in [-0.2, 0) is 25.6 Å². The van der Waals surface area contributed by atoms with Crippen molar-refractivity contribution in [3.8, 4) is 0 Å². The van der Waals surface area contributed by atoms with Crippen LogP contribution >= 0.6 is 0 Å². The van der Waals surface area contributed by atoms with Gasteiger partial charge < -0.3 is 9.47 Å². The van der Waals surface area contributed by atoms with Crippen molar-refractivity contribution in [3.05, 3.63) is 35.9 Å². The van der Waals surface area contributed by atoms with Crippen LogP contribution < -0.4 is 0 Å². The van der Waals surface area contributed by atoms with Gasteiger partial charge >= 0.3 is 11.9 Å². The molecule has 0 radical (unpaired) electrons. The molecule has 0 aliphatic carbocycles. The van der Waals surface area contributed by atoms with Gasteiger partial charge in [0.1, 0.15) is 0 Å². The Kier molecular flexibility index (Phi) is 6.16. The smallest absolute Gasteiger partial charge is 0.324 e. The molecular formula is C18H25NO4. The molecule has 1 heterocycles. The van der Waals surface area contributed by atoms with Crippen molar-refractivity contribution in [2.45, 2.75) is 33.2 Å². The summed E-state index contributed by atoms with van der Waals surface area (Å²) in [4.78, 5) is 27.1. The molecule has 0 aromatic heterocycles. The Morgan fingerprint density at radius 3 is 2.26 bits per heavy atom. The Labute approximate surface area is 137 Å². The Hall–Kier alpha value is -1.88. The first kappa shape index (κ1) is 17.5. The van der Waals surface area contributed by atoms with Gasteiger partial charge in [-0.25, -0.2) is 0 Å². The molecule has 2 rings (SSSR count). The van der Waals surface area contributed by atoms with E-state index < -0.39 is 17.4 Å². The fourth-order valence-electron chi connectivity index (χ4n) is 3.08. The average Bonchev–Trinajstić information content (AvgIpc) is 2.56. The number of hydrogen-bond donors (Lipinski definition) is 0. The second kappa shape index (κ2) is 8.11. The van der Waals surface area contributed by atoms with Crippen molar-refractivity contribution in [2.24, 2.45) is 5.41 Å². The molecule has 0 bridgehead atoms. The molecule has 0 atom stereocenters. The van der Waals surface area contributed by atoms with Gasteiger partial charge in [0.15, 0.2) is 5.41 Å². The zero-order chi connectivity index (χ0) is 16.7. The van der Waals surface area contributed by atoms with Crippen LogP contribution in [0.5, 0.6) is 0 Å². The number of esters is 2. The minimum Gasteiger partial charge on any atom is -0.465 e. The number of carbonyl (C=O) groups excluding carboxylic acids is 2. The maximum absolute atomic E-state index is 12.5. The highest BCUT2D eigenvalue weighted by Gasteiger charge is 2.51. The molecule has 126 valence electrons. The summed E-state index contributed by atoms with van der Waals surface area (Å²) in [7, 11) is 0. The zero-order valence-corrected chi connectivity index (χ0v) is 13.9. The highest BCUT2D eigenvalue weighted by molar-refractivity contribution is 6.00. The van der Waals surface area contributed by atoms with Crippen LogP contribution in [-0.4, -0.2) is 43.1 Å². The van der Waals surface area contributed by atoms with Crippen LogP contribution in [0.2, 0.25) is 0 Å². The summed E-state index contributed by atoms with van der Waals surface area (Å²) in [6, 6.07) is 10.0. The number of benzene rings is 1. The molecule has 0 unspecified atom stereocenters. The SMILES string of the molecule is CCOC(=O)C1(C(=O)OCC)CCCN(Cc2ccccc2)C1. The summed E-state index contributed by atoms with van der Waals surface area (Å²) in [6.45, 7) is 5.94. The zero-order valence-electron chi connectivity index (χ0n) is 13.9. The lowest BCUT2D eigenvalue weighted by molar-refractivity contribution is -0.176. The van der Waals surface area contributed by atoms with Crippen LogP contribution in [0.1, 0.15) is 32.3 Å². The van der Waals surface area contributed by atoms with E-state index in [1.54, 1.807) is 13.8 Å². The predicted octanol–water partition coefficient (Wildman–Crippen LogP) is 2.40. The van der Waals surface area contributed by atoms with E-state index in [0.717, 1.165) is 18.5 Å². The quantitative estimate of drug-likeness (QED) is 0.595. The fourth-order valence-corrected chi connectivity index (χ4v) is 3.08. The number of hydrogen-bond acceptors (Lipinski definition) is 5. The fraction of sp³-hybridized carbons (Fsp3) is 0.556. The van der Waals surface area contributed by atoms with Crippen molar-refractivity contribution in [1.29, 1.82) is 0 Å². The number of ether oxygens (including phenoxy) is 2. The molecule has 23 heavy (non-hydrogen) atoms. The van der Waals surface area contributed by atoms with Crippen molar-refractivity contribution < 1.29 is 19.1 Å². The first-order valence-corrected chi connectivity index (χ1v) is 8.23. The topological polar surface area (TPSA) is 55.8 Å². The van der Waals surface area contributed by atoms with Crippen LogP contribution in [0.25, 0.3) is 0 Å². The molecule has 5 heteroatoms. The Bertz CT molecular complexity index is 511. The Balaban J connectivity index is 2.17. The number of piperidine rings is 1. The molecule has 1 aromatic carbocycles. The van der Waals surface area contributed by atoms with Gasteiger partial charge in [-0.05, 0) is 38.8 Å². The molecule has 0 N–H and O–H groups in total. The van der Waals surface area contributed by atoms with Crippen LogP contribution in [0, 0.1) is 5.41 Å².